The van der Waals surface area contributed by atoms with Crippen LogP contribution in [-0.4, -0.2) is 45.2 Å². The van der Waals surface area contributed by atoms with Gasteiger partial charge in [0.15, 0.2) is 0 Å². The summed E-state index contributed by atoms with van der Waals surface area (Å²) in [5.74, 6) is 1.06. The topological polar surface area (TPSA) is 50.8 Å². The lowest BCUT2D eigenvalue weighted by Gasteiger charge is -2.21. The van der Waals surface area contributed by atoms with Gasteiger partial charge in [-0.3, -0.25) is 4.79 Å². The Morgan fingerprint density at radius 2 is 1.83 bits per heavy atom. The van der Waals surface area contributed by atoms with Crippen LogP contribution in [0, 0.1) is 0 Å². The van der Waals surface area contributed by atoms with Crippen molar-refractivity contribution in [3.8, 4) is 11.5 Å². The summed E-state index contributed by atoms with van der Waals surface area (Å²) in [7, 11) is 5.58. The van der Waals surface area contributed by atoms with Crippen LogP contribution < -0.4 is 14.8 Å². The van der Waals surface area contributed by atoms with Crippen LogP contribution in [0.15, 0.2) is 60.7 Å². The molecule has 0 unspecified atom stereocenters. The van der Waals surface area contributed by atoms with E-state index < -0.39 is 0 Å². The van der Waals surface area contributed by atoms with E-state index in [-0.39, 0.29) is 11.4 Å². The van der Waals surface area contributed by atoms with E-state index >= 15 is 0 Å². The molecule has 1 fully saturated rings. The van der Waals surface area contributed by atoms with Gasteiger partial charge in [-0.15, -0.1) is 0 Å². The first kappa shape index (κ1) is 20.2. The molecular formula is C25H28N2O3. The third-order valence-corrected chi connectivity index (χ3v) is 5.63. The minimum Gasteiger partial charge on any atom is -0.496 e. The number of nitrogens with one attached hydrogen (secondary N) is 1. The Labute approximate surface area is 177 Å². The van der Waals surface area contributed by atoms with E-state index in [0.717, 1.165) is 19.4 Å². The van der Waals surface area contributed by atoms with Crippen LogP contribution in [0.5, 0.6) is 11.5 Å². The van der Waals surface area contributed by atoms with E-state index in [4.69, 9.17) is 9.47 Å². The monoisotopic (exact) mass is 404 g/mol. The molecule has 0 radical (unpaired) electrons. The molecule has 0 spiro atoms. The van der Waals surface area contributed by atoms with Gasteiger partial charge in [-0.05, 0) is 61.5 Å². The average molecular weight is 405 g/mol. The molecule has 30 heavy (non-hydrogen) atoms. The van der Waals surface area contributed by atoms with Gasteiger partial charge in [0.1, 0.15) is 18.1 Å². The molecule has 1 saturated carbocycles. The van der Waals surface area contributed by atoms with E-state index in [1.807, 2.05) is 32.3 Å². The van der Waals surface area contributed by atoms with Gasteiger partial charge in [0.05, 0.1) is 18.2 Å². The minimum atomic E-state index is -0.329. The van der Waals surface area contributed by atoms with Crippen molar-refractivity contribution >= 4 is 16.7 Å². The summed E-state index contributed by atoms with van der Waals surface area (Å²) < 4.78 is 11.3. The first-order chi connectivity index (χ1) is 14.5. The lowest BCUT2D eigenvalue weighted by Crippen LogP contribution is -2.35. The van der Waals surface area contributed by atoms with E-state index in [1.54, 1.807) is 19.2 Å². The molecule has 1 amide bonds. The third-order valence-electron chi connectivity index (χ3n) is 5.63. The Kier molecular flexibility index (Phi) is 5.64. The number of carbonyl (C=O) groups is 1. The smallest absolute Gasteiger partial charge is 0.255 e. The molecule has 0 aliphatic heterocycles. The van der Waals surface area contributed by atoms with Crippen LogP contribution in [-0.2, 0) is 5.54 Å². The Hall–Kier alpha value is -3.05. The highest BCUT2D eigenvalue weighted by atomic mass is 16.5. The van der Waals surface area contributed by atoms with Crippen molar-refractivity contribution in [1.29, 1.82) is 0 Å². The van der Waals surface area contributed by atoms with Gasteiger partial charge in [0.2, 0.25) is 0 Å². The summed E-state index contributed by atoms with van der Waals surface area (Å²) in [5.41, 5.74) is 1.34. The van der Waals surface area contributed by atoms with Crippen molar-refractivity contribution < 1.29 is 14.3 Å². The summed E-state index contributed by atoms with van der Waals surface area (Å²) in [6.07, 6.45) is 1.85. The fourth-order valence-corrected chi connectivity index (χ4v) is 3.81. The number of carbonyl (C=O) groups excluding carboxylic acids is 1. The normalized spacial score (nSPS) is 14.5. The molecule has 3 aromatic carbocycles. The highest BCUT2D eigenvalue weighted by Gasteiger charge is 2.46. The zero-order valence-electron chi connectivity index (χ0n) is 17.8. The summed E-state index contributed by atoms with van der Waals surface area (Å²) in [6, 6.07) is 20.0. The molecule has 1 N–H and O–H groups in total. The first-order valence-electron chi connectivity index (χ1n) is 10.3. The number of benzene rings is 3. The Morgan fingerprint density at radius 1 is 1.07 bits per heavy atom. The van der Waals surface area contributed by atoms with Gasteiger partial charge in [0.25, 0.3) is 5.91 Å². The zero-order valence-corrected chi connectivity index (χ0v) is 17.8. The number of fused-ring (bicyclic) bond motifs is 1. The van der Waals surface area contributed by atoms with Crippen LogP contribution in [0.2, 0.25) is 0 Å². The maximum Gasteiger partial charge on any atom is 0.255 e. The second-order valence-corrected chi connectivity index (χ2v) is 8.08. The maximum atomic E-state index is 13.3. The molecule has 0 aromatic heterocycles. The summed E-state index contributed by atoms with van der Waals surface area (Å²) >= 11 is 0. The van der Waals surface area contributed by atoms with E-state index in [2.05, 4.69) is 40.5 Å². The predicted octanol–water partition coefficient (Wildman–Crippen LogP) is 4.21. The molecule has 5 nitrogen and oxygen atoms in total. The van der Waals surface area contributed by atoms with Crippen molar-refractivity contribution in [3.63, 3.8) is 0 Å². The molecule has 5 heteroatoms. The molecule has 0 atom stereocenters. The van der Waals surface area contributed by atoms with Crippen molar-refractivity contribution in [1.82, 2.24) is 10.2 Å². The van der Waals surface area contributed by atoms with Crippen molar-refractivity contribution in [2.45, 2.75) is 18.4 Å². The molecule has 1 aliphatic rings. The SMILES string of the molecule is COc1ccc(OCCN(C)C)cc1C(=O)NC1(c2cccc3ccccc23)CC1. The minimum absolute atomic E-state index is 0.143. The van der Waals surface area contributed by atoms with Crippen LogP contribution >= 0.6 is 0 Å². The number of methoxy groups -OCH3 is 1. The summed E-state index contributed by atoms with van der Waals surface area (Å²) in [5, 5.41) is 5.66. The van der Waals surface area contributed by atoms with Gasteiger partial charge in [-0.2, -0.15) is 0 Å². The van der Waals surface area contributed by atoms with Crippen molar-refractivity contribution in [2.75, 3.05) is 34.4 Å². The number of ether oxygens (including phenoxy) is 2. The quantitative estimate of drug-likeness (QED) is 0.611. The molecule has 1 aliphatic carbocycles. The molecule has 3 aromatic rings. The second-order valence-electron chi connectivity index (χ2n) is 8.08. The molecule has 0 heterocycles. The van der Waals surface area contributed by atoms with Crippen LogP contribution in [0.3, 0.4) is 0 Å². The fraction of sp³-hybridized carbons (Fsp3) is 0.320. The summed E-state index contributed by atoms with van der Waals surface area (Å²) in [4.78, 5) is 15.3. The van der Waals surface area contributed by atoms with E-state index in [1.165, 1.54) is 16.3 Å². The molecule has 4 rings (SSSR count). The Morgan fingerprint density at radius 3 is 2.57 bits per heavy atom. The lowest BCUT2D eigenvalue weighted by atomic mass is 9.96. The van der Waals surface area contributed by atoms with E-state index in [0.29, 0.717) is 23.7 Å². The predicted molar refractivity (Wildman–Crippen MR) is 119 cm³/mol. The third kappa shape index (κ3) is 4.12. The van der Waals surface area contributed by atoms with Gasteiger partial charge in [-0.25, -0.2) is 0 Å². The van der Waals surface area contributed by atoms with Gasteiger partial charge in [0, 0.05) is 6.54 Å². The standard InChI is InChI=1S/C25H28N2O3/c1-27(2)15-16-30-19-11-12-23(29-3)21(17-19)24(28)26-25(13-14-25)22-10-6-8-18-7-4-5-9-20(18)22/h4-12,17H,13-16H2,1-3H3,(H,26,28). The van der Waals surface area contributed by atoms with Crippen LogP contribution in [0.25, 0.3) is 10.8 Å². The van der Waals surface area contributed by atoms with Crippen molar-refractivity contribution in [2.24, 2.45) is 0 Å². The average Bonchev–Trinajstić information content (AvgIpc) is 3.53. The second kappa shape index (κ2) is 8.36. The number of hydrogen-bond donors (Lipinski definition) is 1. The molecular weight excluding hydrogens is 376 g/mol. The maximum absolute atomic E-state index is 13.3. The number of rotatable bonds is 8. The number of nitrogens with zero attached hydrogens (tertiary/aromatic N) is 1. The first-order valence-corrected chi connectivity index (χ1v) is 10.3. The fourth-order valence-electron chi connectivity index (χ4n) is 3.81. The Balaban J connectivity index is 1.58. The Bertz CT molecular complexity index is 1050. The highest BCUT2D eigenvalue weighted by molar-refractivity contribution is 5.99. The number of hydrogen-bond acceptors (Lipinski definition) is 4. The van der Waals surface area contributed by atoms with E-state index in [9.17, 15) is 4.79 Å². The highest BCUT2D eigenvalue weighted by Crippen LogP contribution is 2.48. The zero-order chi connectivity index (χ0) is 21.1. The molecule has 156 valence electrons. The van der Waals surface area contributed by atoms with Crippen LogP contribution in [0.4, 0.5) is 0 Å². The lowest BCUT2D eigenvalue weighted by molar-refractivity contribution is 0.0927. The molecule has 0 saturated heterocycles. The summed E-state index contributed by atoms with van der Waals surface area (Å²) in [6.45, 7) is 1.36. The van der Waals surface area contributed by atoms with Gasteiger partial charge >= 0.3 is 0 Å². The van der Waals surface area contributed by atoms with Crippen molar-refractivity contribution in [3.05, 3.63) is 71.8 Å². The van der Waals surface area contributed by atoms with Gasteiger partial charge in [-0.1, -0.05) is 42.5 Å². The number of amides is 1. The van der Waals surface area contributed by atoms with Gasteiger partial charge < -0.3 is 19.7 Å². The largest absolute Gasteiger partial charge is 0.496 e. The molecule has 0 bridgehead atoms. The number of likely N-dealkylation sites (N-methyl/N-ethyl adjacent to an activating group) is 1. The van der Waals surface area contributed by atoms with Crippen LogP contribution in [0.1, 0.15) is 28.8 Å².